The molecule has 15 aromatic rings. The largest absolute Gasteiger partial charge is 0.256 e. The zero-order chi connectivity index (χ0) is 58.1. The number of fused-ring (bicyclic) bond motifs is 2. The van der Waals surface area contributed by atoms with Gasteiger partial charge in [-0.15, -0.1) is 0 Å². The van der Waals surface area contributed by atoms with E-state index in [4.69, 9.17) is 29.9 Å². The van der Waals surface area contributed by atoms with Gasteiger partial charge in [0.1, 0.15) is 0 Å². The van der Waals surface area contributed by atoms with E-state index >= 15 is 0 Å². The van der Waals surface area contributed by atoms with Gasteiger partial charge in [-0.05, 0) is 126 Å². The Hall–Kier alpha value is -11.7. The smallest absolute Gasteiger partial charge is 0.164 e. The molecule has 4 aromatic heterocycles. The molecule has 0 saturated carbocycles. The first-order chi connectivity index (χ1) is 43.6. The second-order valence-corrected chi connectivity index (χ2v) is 22.6. The van der Waals surface area contributed by atoms with E-state index < -0.39 is 0 Å². The summed E-state index contributed by atoms with van der Waals surface area (Å²) in [5.41, 5.74) is 24.4. The Balaban J connectivity index is 0.685. The van der Waals surface area contributed by atoms with Crippen LogP contribution in [0.3, 0.4) is 0 Å². The Morgan fingerprint density at radius 2 is 0.511 bits per heavy atom. The van der Waals surface area contributed by atoms with Crippen molar-refractivity contribution in [2.45, 2.75) is 11.8 Å². The first-order valence-electron chi connectivity index (χ1n) is 29.7. The van der Waals surface area contributed by atoms with E-state index in [2.05, 4.69) is 228 Å². The van der Waals surface area contributed by atoms with Gasteiger partial charge in [-0.1, -0.05) is 231 Å². The number of aromatic nitrogens is 8. The topological polar surface area (TPSA) is 103 Å². The van der Waals surface area contributed by atoms with E-state index in [1.54, 1.807) is 0 Å². The zero-order valence-corrected chi connectivity index (χ0v) is 47.4. The minimum absolute atomic E-state index is 0.0938. The Morgan fingerprint density at radius 3 is 0.932 bits per heavy atom. The number of hydrogen-bond acceptors (Lipinski definition) is 8. The Morgan fingerprint density at radius 1 is 0.193 bits per heavy atom. The van der Waals surface area contributed by atoms with E-state index in [1.807, 2.05) is 73.1 Å². The molecular formula is C80H50N8. The van der Waals surface area contributed by atoms with Gasteiger partial charge in [0.2, 0.25) is 0 Å². The molecule has 2 bridgehead atoms. The molecule has 4 heterocycles. The highest BCUT2D eigenvalue weighted by Gasteiger charge is 2.41. The number of pyridine rings is 2. The van der Waals surface area contributed by atoms with Gasteiger partial charge >= 0.3 is 0 Å². The standard InChI is InChI=1S/C80H50N8/c1-3-15-51(16-4-1)75-83-77(87-79(85-75)67-25-11-7-21-61(67)57-37-41-71-59(45-57)19-13-43-81-71)53-31-27-49(28-32-53)55-35-39-65-69(47-55)73-63-23-9-10-24-64(63)74(65)70-48-56(36-40-66(70)73)50-29-33-54(34-30-50)78-84-76(52-17-5-2-6-18-52)86-80(88-78)68-26-12-8-22-62(68)58-38-42-72-60(46-58)20-14-44-82-72/h1-48,73-74H. The SMILES string of the molecule is c1ccc(-c2nc(-c3ccc(-c4ccc5c(c4)C4c6ccccc6C5c5cc(-c6ccc(-c7nc(-c8ccccc8)nc(-c8ccccc8-c8ccc9ncccc9c8)n7)cc6)ccc54)cc3)nc(-c3ccccc3-c3ccc4ncccc4c3)n2)cc1. The van der Waals surface area contributed by atoms with Crippen molar-refractivity contribution in [2.75, 3.05) is 0 Å². The molecule has 8 nitrogen and oxygen atoms in total. The van der Waals surface area contributed by atoms with Gasteiger partial charge in [-0.2, -0.15) is 0 Å². The highest BCUT2D eigenvalue weighted by molar-refractivity contribution is 5.91. The summed E-state index contributed by atoms with van der Waals surface area (Å²) in [6, 6.07) is 98.5. The summed E-state index contributed by atoms with van der Waals surface area (Å²) < 4.78 is 0. The van der Waals surface area contributed by atoms with E-state index in [0.29, 0.717) is 34.9 Å². The van der Waals surface area contributed by atoms with E-state index in [0.717, 1.165) is 88.6 Å². The summed E-state index contributed by atoms with van der Waals surface area (Å²) in [5.74, 6) is 3.88. The summed E-state index contributed by atoms with van der Waals surface area (Å²) in [6.45, 7) is 0. The first-order valence-corrected chi connectivity index (χ1v) is 29.7. The van der Waals surface area contributed by atoms with Crippen LogP contribution in [0.2, 0.25) is 0 Å². The van der Waals surface area contributed by atoms with Crippen molar-refractivity contribution < 1.29 is 0 Å². The van der Waals surface area contributed by atoms with Crippen LogP contribution in [0.25, 0.3) is 135 Å². The normalized spacial score (nSPS) is 13.7. The molecule has 0 spiro atoms. The third kappa shape index (κ3) is 8.93. The number of nitrogens with zero attached hydrogens (tertiary/aromatic N) is 8. The van der Waals surface area contributed by atoms with Gasteiger partial charge < -0.3 is 0 Å². The van der Waals surface area contributed by atoms with Crippen LogP contribution < -0.4 is 0 Å². The lowest BCUT2D eigenvalue weighted by Crippen LogP contribution is -2.27. The van der Waals surface area contributed by atoms with Crippen LogP contribution in [0.1, 0.15) is 45.2 Å². The molecule has 0 radical (unpaired) electrons. The molecule has 0 aliphatic heterocycles. The van der Waals surface area contributed by atoms with Crippen LogP contribution in [0.5, 0.6) is 0 Å². The number of hydrogen-bond donors (Lipinski definition) is 0. The minimum Gasteiger partial charge on any atom is -0.256 e. The van der Waals surface area contributed by atoms with Crippen LogP contribution in [-0.2, 0) is 0 Å². The lowest BCUT2D eigenvalue weighted by molar-refractivity contribution is 0.755. The van der Waals surface area contributed by atoms with Gasteiger partial charge in [0, 0.05) is 68.4 Å². The maximum absolute atomic E-state index is 5.22. The van der Waals surface area contributed by atoms with Crippen LogP contribution in [0.4, 0.5) is 0 Å². The summed E-state index contributed by atoms with van der Waals surface area (Å²) >= 11 is 0. The van der Waals surface area contributed by atoms with Crippen molar-refractivity contribution in [3.8, 4) is 113 Å². The van der Waals surface area contributed by atoms with E-state index in [9.17, 15) is 0 Å². The van der Waals surface area contributed by atoms with Gasteiger partial charge in [-0.25, -0.2) is 29.9 Å². The van der Waals surface area contributed by atoms with Gasteiger partial charge in [-0.3, -0.25) is 9.97 Å². The lowest BCUT2D eigenvalue weighted by Gasteiger charge is -2.42. The molecule has 410 valence electrons. The summed E-state index contributed by atoms with van der Waals surface area (Å²) in [4.78, 5) is 40.1. The molecule has 2 unspecified atom stereocenters. The Labute approximate surface area is 508 Å². The molecule has 8 heteroatoms. The van der Waals surface area contributed by atoms with Crippen LogP contribution in [0, 0.1) is 0 Å². The van der Waals surface area contributed by atoms with E-state index in [-0.39, 0.29) is 11.8 Å². The Kier molecular flexibility index (Phi) is 12.2. The van der Waals surface area contributed by atoms with Crippen molar-refractivity contribution in [1.29, 1.82) is 0 Å². The fraction of sp³-hybridized carbons (Fsp3) is 0.0250. The molecular weight excluding hydrogens is 1070 g/mol. The maximum atomic E-state index is 5.22. The quantitative estimate of drug-likeness (QED) is 0.133. The third-order valence-electron chi connectivity index (χ3n) is 17.5. The highest BCUT2D eigenvalue weighted by Crippen LogP contribution is 2.57. The van der Waals surface area contributed by atoms with Crippen molar-refractivity contribution in [3.05, 3.63) is 325 Å². The van der Waals surface area contributed by atoms with Crippen molar-refractivity contribution >= 4 is 21.8 Å². The molecule has 2 atom stereocenters. The molecule has 0 fully saturated rings. The molecule has 3 aliphatic rings. The first kappa shape index (κ1) is 50.7. The zero-order valence-electron chi connectivity index (χ0n) is 47.4. The predicted octanol–water partition coefficient (Wildman–Crippen LogP) is 18.8. The molecule has 0 saturated heterocycles. The second kappa shape index (κ2) is 21.1. The predicted molar refractivity (Wildman–Crippen MR) is 353 cm³/mol. The average Bonchev–Trinajstić information content (AvgIpc) is 0.867. The Bertz CT molecular complexity index is 4890. The number of benzene rings is 11. The van der Waals surface area contributed by atoms with Crippen molar-refractivity contribution in [2.24, 2.45) is 0 Å². The average molecular weight is 1120 g/mol. The van der Waals surface area contributed by atoms with Gasteiger partial charge in [0.15, 0.2) is 34.9 Å². The second-order valence-electron chi connectivity index (χ2n) is 22.6. The fourth-order valence-corrected chi connectivity index (χ4v) is 13.2. The lowest BCUT2D eigenvalue weighted by atomic mass is 9.60. The molecule has 0 amide bonds. The summed E-state index contributed by atoms with van der Waals surface area (Å²) in [7, 11) is 0. The van der Waals surface area contributed by atoms with Crippen molar-refractivity contribution in [1.82, 2.24) is 39.9 Å². The minimum atomic E-state index is 0.0938. The molecule has 88 heavy (non-hydrogen) atoms. The molecule has 11 aromatic carbocycles. The van der Waals surface area contributed by atoms with Crippen LogP contribution in [-0.4, -0.2) is 39.9 Å². The maximum Gasteiger partial charge on any atom is 0.164 e. The van der Waals surface area contributed by atoms with Crippen LogP contribution >= 0.6 is 0 Å². The molecule has 3 aliphatic carbocycles. The van der Waals surface area contributed by atoms with Gasteiger partial charge in [0.05, 0.1) is 11.0 Å². The van der Waals surface area contributed by atoms with Crippen LogP contribution in [0.15, 0.2) is 291 Å². The van der Waals surface area contributed by atoms with E-state index in [1.165, 1.54) is 44.5 Å². The fourth-order valence-electron chi connectivity index (χ4n) is 13.2. The summed E-state index contributed by atoms with van der Waals surface area (Å²) in [5, 5.41) is 2.15. The number of rotatable bonds is 10. The highest BCUT2D eigenvalue weighted by atomic mass is 15.0. The molecule has 0 N–H and O–H groups in total. The monoisotopic (exact) mass is 1120 g/mol. The third-order valence-corrected chi connectivity index (χ3v) is 17.5. The molecule has 18 rings (SSSR count). The van der Waals surface area contributed by atoms with Gasteiger partial charge in [0.25, 0.3) is 0 Å². The summed E-state index contributed by atoms with van der Waals surface area (Å²) in [6.07, 6.45) is 3.66. The van der Waals surface area contributed by atoms with Crippen molar-refractivity contribution in [3.63, 3.8) is 0 Å².